The number of hydrogen-bond donors (Lipinski definition) is 0. The van der Waals surface area contributed by atoms with Gasteiger partial charge in [0.1, 0.15) is 5.82 Å². The normalized spacial score (nSPS) is 11.3. The molecule has 0 aliphatic heterocycles. The van der Waals surface area contributed by atoms with Crippen molar-refractivity contribution in [2.45, 2.75) is 0 Å². The van der Waals surface area contributed by atoms with Crippen molar-refractivity contribution >= 4 is 21.8 Å². The maximum absolute atomic E-state index is 5.37. The molecular weight excluding hydrogens is 667 g/mol. The molecule has 0 N–H and O–H groups in total. The van der Waals surface area contributed by atoms with Crippen LogP contribution in [0.2, 0.25) is 0 Å². The number of hydrogen-bond acceptors (Lipinski definition) is 2. The average Bonchev–Trinajstić information content (AvgIpc) is 3.60. The molecule has 0 aliphatic carbocycles. The summed E-state index contributed by atoms with van der Waals surface area (Å²) in [7, 11) is 0. The average molecular weight is 702 g/mol. The van der Waals surface area contributed by atoms with Crippen LogP contribution < -0.4 is 0 Å². The van der Waals surface area contributed by atoms with Crippen LogP contribution in [0.5, 0.6) is 0 Å². The molecule has 0 spiro atoms. The molecule has 3 heteroatoms. The van der Waals surface area contributed by atoms with Crippen LogP contribution in [0.3, 0.4) is 0 Å². The fraction of sp³-hybridized carbons (Fsp3) is 0. The van der Waals surface area contributed by atoms with Gasteiger partial charge in [-0.2, -0.15) is 0 Å². The molecule has 10 rings (SSSR count). The predicted molar refractivity (Wildman–Crippen MR) is 229 cm³/mol. The van der Waals surface area contributed by atoms with Gasteiger partial charge >= 0.3 is 0 Å². The summed E-state index contributed by atoms with van der Waals surface area (Å²) in [6.07, 6.45) is 0. The molecule has 0 bridgehead atoms. The molecule has 3 heterocycles. The summed E-state index contributed by atoms with van der Waals surface area (Å²) in [5.74, 6) is 0.871. The Morgan fingerprint density at radius 1 is 0.255 bits per heavy atom. The second-order valence-electron chi connectivity index (χ2n) is 13.9. The highest BCUT2D eigenvalue weighted by Gasteiger charge is 2.18. The van der Waals surface area contributed by atoms with Crippen molar-refractivity contribution in [2.24, 2.45) is 0 Å². The quantitative estimate of drug-likeness (QED) is 0.166. The molecule has 258 valence electrons. The highest BCUT2D eigenvalue weighted by atomic mass is 15.1. The smallest absolute Gasteiger partial charge is 0.138 e. The highest BCUT2D eigenvalue weighted by Crippen LogP contribution is 2.39. The minimum absolute atomic E-state index is 0.871. The van der Waals surface area contributed by atoms with E-state index in [1.165, 1.54) is 11.1 Å². The number of nitrogens with zero attached hydrogens (tertiary/aromatic N) is 3. The van der Waals surface area contributed by atoms with E-state index >= 15 is 0 Å². The van der Waals surface area contributed by atoms with Crippen LogP contribution in [0.15, 0.2) is 212 Å². The molecule has 3 nitrogen and oxygen atoms in total. The number of pyridine rings is 2. The molecular formula is C52H35N3. The van der Waals surface area contributed by atoms with Crippen molar-refractivity contribution in [3.05, 3.63) is 212 Å². The first-order chi connectivity index (χ1) is 27.2. The predicted octanol–water partition coefficient (Wildman–Crippen LogP) is 13.6. The first-order valence-electron chi connectivity index (χ1n) is 18.7. The Labute approximate surface area is 320 Å². The van der Waals surface area contributed by atoms with Crippen LogP contribution >= 0.6 is 0 Å². The Balaban J connectivity index is 1.23. The lowest BCUT2D eigenvalue weighted by Crippen LogP contribution is -2.00. The van der Waals surface area contributed by atoms with Gasteiger partial charge in [0.25, 0.3) is 0 Å². The van der Waals surface area contributed by atoms with E-state index in [1.807, 2.05) is 12.1 Å². The summed E-state index contributed by atoms with van der Waals surface area (Å²) in [5.41, 5.74) is 15.1. The Kier molecular flexibility index (Phi) is 8.16. The third-order valence-electron chi connectivity index (χ3n) is 10.4. The summed E-state index contributed by atoms with van der Waals surface area (Å²) in [5, 5.41) is 2.31. The lowest BCUT2D eigenvalue weighted by Gasteiger charge is -2.13. The Morgan fingerprint density at radius 2 is 0.618 bits per heavy atom. The zero-order valence-electron chi connectivity index (χ0n) is 30.0. The van der Waals surface area contributed by atoms with Crippen molar-refractivity contribution in [2.75, 3.05) is 0 Å². The van der Waals surface area contributed by atoms with Gasteiger partial charge in [-0.15, -0.1) is 0 Å². The van der Waals surface area contributed by atoms with Gasteiger partial charge in [-0.05, 0) is 81.9 Å². The van der Waals surface area contributed by atoms with Gasteiger partial charge in [0, 0.05) is 27.5 Å². The second kappa shape index (κ2) is 13.9. The van der Waals surface area contributed by atoms with Crippen LogP contribution in [0, 0.1) is 0 Å². The molecule has 0 saturated carbocycles. The molecule has 10 aromatic rings. The van der Waals surface area contributed by atoms with Gasteiger partial charge in [-0.1, -0.05) is 164 Å². The summed E-state index contributed by atoms with van der Waals surface area (Å²) in [6.45, 7) is 0. The summed E-state index contributed by atoms with van der Waals surface area (Å²) < 4.78 is 2.32. The maximum Gasteiger partial charge on any atom is 0.138 e. The van der Waals surface area contributed by atoms with Gasteiger partial charge in [-0.25, -0.2) is 9.97 Å². The first kappa shape index (κ1) is 32.3. The maximum atomic E-state index is 5.37. The van der Waals surface area contributed by atoms with E-state index in [4.69, 9.17) is 9.97 Å². The topological polar surface area (TPSA) is 30.7 Å². The van der Waals surface area contributed by atoms with Crippen molar-refractivity contribution in [3.8, 4) is 73.0 Å². The number of aromatic nitrogens is 3. The zero-order valence-corrected chi connectivity index (χ0v) is 30.0. The molecule has 0 aliphatic rings. The molecule has 0 unspecified atom stereocenters. The van der Waals surface area contributed by atoms with Crippen LogP contribution in [0.4, 0.5) is 0 Å². The van der Waals surface area contributed by atoms with Crippen molar-refractivity contribution in [3.63, 3.8) is 0 Å². The Bertz CT molecular complexity index is 2820. The van der Waals surface area contributed by atoms with E-state index in [2.05, 4.69) is 205 Å². The standard InChI is InChI=1S/C52H35N3/c1-6-16-36(17-7-1)41-26-28-50-45(30-41)46-31-42(49-33-43(37-18-8-2-9-19-37)32-47(53-49)39-22-12-4-13-23-39)27-29-51(46)55(50)52-35-44(38-20-10-3-11-21-38)34-48(54-52)40-24-14-5-15-25-40/h1-35H. The van der Waals surface area contributed by atoms with Crippen LogP contribution in [0.1, 0.15) is 0 Å². The van der Waals surface area contributed by atoms with Gasteiger partial charge in [-0.3, -0.25) is 4.57 Å². The lowest BCUT2D eigenvalue weighted by atomic mass is 9.98. The number of rotatable bonds is 7. The second-order valence-corrected chi connectivity index (χ2v) is 13.9. The van der Waals surface area contributed by atoms with Crippen LogP contribution in [-0.2, 0) is 0 Å². The highest BCUT2D eigenvalue weighted by molar-refractivity contribution is 6.11. The van der Waals surface area contributed by atoms with E-state index in [0.29, 0.717) is 0 Å². The lowest BCUT2D eigenvalue weighted by molar-refractivity contribution is 1.08. The van der Waals surface area contributed by atoms with E-state index in [-0.39, 0.29) is 0 Å². The number of benzene rings is 7. The Hall–Kier alpha value is -7.36. The van der Waals surface area contributed by atoms with Gasteiger partial charge in [0.2, 0.25) is 0 Å². The van der Waals surface area contributed by atoms with Crippen molar-refractivity contribution in [1.82, 2.24) is 14.5 Å². The van der Waals surface area contributed by atoms with Crippen molar-refractivity contribution in [1.29, 1.82) is 0 Å². The molecule has 7 aromatic carbocycles. The molecule has 0 atom stereocenters. The van der Waals surface area contributed by atoms with E-state index in [0.717, 1.165) is 83.6 Å². The fourth-order valence-corrected chi connectivity index (χ4v) is 7.66. The first-order valence-corrected chi connectivity index (χ1v) is 18.7. The van der Waals surface area contributed by atoms with Gasteiger partial charge in [0.05, 0.1) is 28.1 Å². The molecule has 0 amide bonds. The summed E-state index contributed by atoms with van der Waals surface area (Å²) in [6, 6.07) is 75.0. The molecule has 0 radical (unpaired) electrons. The fourth-order valence-electron chi connectivity index (χ4n) is 7.66. The van der Waals surface area contributed by atoms with Crippen LogP contribution in [-0.4, -0.2) is 14.5 Å². The zero-order chi connectivity index (χ0) is 36.6. The molecule has 3 aromatic heterocycles. The van der Waals surface area contributed by atoms with Crippen molar-refractivity contribution < 1.29 is 0 Å². The van der Waals surface area contributed by atoms with E-state index in [9.17, 15) is 0 Å². The monoisotopic (exact) mass is 701 g/mol. The summed E-state index contributed by atoms with van der Waals surface area (Å²) >= 11 is 0. The number of fused-ring (bicyclic) bond motifs is 3. The minimum Gasteiger partial charge on any atom is -0.294 e. The minimum atomic E-state index is 0.871. The van der Waals surface area contributed by atoms with E-state index in [1.54, 1.807) is 0 Å². The van der Waals surface area contributed by atoms with Gasteiger partial charge < -0.3 is 0 Å². The molecule has 0 saturated heterocycles. The molecule has 0 fully saturated rings. The third-order valence-corrected chi connectivity index (χ3v) is 10.4. The SMILES string of the molecule is c1ccc(-c2cc(-c3ccccc3)nc(-c3ccc4c(c3)c3cc(-c5ccccc5)ccc3n4-c3cc(-c4ccccc4)cc(-c4ccccc4)n3)c2)cc1. The summed E-state index contributed by atoms with van der Waals surface area (Å²) in [4.78, 5) is 10.7. The Morgan fingerprint density at radius 3 is 1.11 bits per heavy atom. The van der Waals surface area contributed by atoms with Gasteiger partial charge in [0.15, 0.2) is 0 Å². The third kappa shape index (κ3) is 6.18. The molecule has 55 heavy (non-hydrogen) atoms. The largest absolute Gasteiger partial charge is 0.294 e. The van der Waals surface area contributed by atoms with Crippen LogP contribution in [0.25, 0.3) is 94.8 Å². The van der Waals surface area contributed by atoms with E-state index < -0.39 is 0 Å².